The number of nitrogens with zero attached hydrogens (tertiary/aromatic N) is 5. The van der Waals surface area contributed by atoms with Gasteiger partial charge in [-0.15, -0.1) is 0 Å². The summed E-state index contributed by atoms with van der Waals surface area (Å²) in [4.78, 5) is 20.2. The summed E-state index contributed by atoms with van der Waals surface area (Å²) < 4.78 is 14.9. The fraction of sp³-hybridized carbons (Fsp3) is 0.333. The van der Waals surface area contributed by atoms with Gasteiger partial charge in [0.15, 0.2) is 23.1 Å². The standard InChI is InChI=1S/C18H20N6O3/c1-11-12(2)23(10-20-11)9-18-21-17(8-16(19)25)22-24(18)13-3-4-14-15(7-13)27-6-5-26-14/h3-4,7,10H,5-6,8-9H2,1-2H3,(H2,19,25). The highest BCUT2D eigenvalue weighted by atomic mass is 16.6. The third-order valence-corrected chi connectivity index (χ3v) is 4.48. The lowest BCUT2D eigenvalue weighted by molar-refractivity contribution is -0.117. The van der Waals surface area contributed by atoms with Crippen molar-refractivity contribution in [3.05, 3.63) is 47.6 Å². The summed E-state index contributed by atoms with van der Waals surface area (Å²) in [7, 11) is 0. The van der Waals surface area contributed by atoms with Crippen molar-refractivity contribution in [3.8, 4) is 17.2 Å². The number of amides is 1. The van der Waals surface area contributed by atoms with E-state index in [1.165, 1.54) is 0 Å². The van der Waals surface area contributed by atoms with Gasteiger partial charge in [0.2, 0.25) is 5.91 Å². The molecule has 4 rings (SSSR count). The Morgan fingerprint density at radius 2 is 2.00 bits per heavy atom. The van der Waals surface area contributed by atoms with E-state index in [9.17, 15) is 4.79 Å². The smallest absolute Gasteiger partial charge is 0.225 e. The molecule has 2 N–H and O–H groups in total. The molecule has 140 valence electrons. The van der Waals surface area contributed by atoms with Gasteiger partial charge in [-0.05, 0) is 26.0 Å². The van der Waals surface area contributed by atoms with Gasteiger partial charge in [-0.2, -0.15) is 5.10 Å². The van der Waals surface area contributed by atoms with E-state index in [0.717, 1.165) is 17.1 Å². The molecule has 0 aliphatic carbocycles. The number of primary amides is 1. The third-order valence-electron chi connectivity index (χ3n) is 4.48. The lowest BCUT2D eigenvalue weighted by atomic mass is 10.2. The molecule has 2 aromatic heterocycles. The maximum atomic E-state index is 11.3. The average molecular weight is 368 g/mol. The van der Waals surface area contributed by atoms with E-state index in [-0.39, 0.29) is 6.42 Å². The number of carbonyl (C=O) groups is 1. The molecule has 1 aromatic carbocycles. The van der Waals surface area contributed by atoms with Gasteiger partial charge in [0.25, 0.3) is 0 Å². The van der Waals surface area contributed by atoms with Crippen LogP contribution >= 0.6 is 0 Å². The van der Waals surface area contributed by atoms with Gasteiger partial charge in [-0.25, -0.2) is 14.6 Å². The lowest BCUT2D eigenvalue weighted by Gasteiger charge is -2.19. The topological polar surface area (TPSA) is 110 Å². The molecule has 1 amide bonds. The van der Waals surface area contributed by atoms with Crippen LogP contribution in [0.15, 0.2) is 24.5 Å². The summed E-state index contributed by atoms with van der Waals surface area (Å²) in [6, 6.07) is 5.58. The maximum absolute atomic E-state index is 11.3. The number of aryl methyl sites for hydroxylation is 1. The maximum Gasteiger partial charge on any atom is 0.225 e. The number of aromatic nitrogens is 5. The van der Waals surface area contributed by atoms with Crippen molar-refractivity contribution >= 4 is 5.91 Å². The minimum absolute atomic E-state index is 0.0213. The number of imidazole rings is 1. The van der Waals surface area contributed by atoms with Crippen molar-refractivity contribution in [3.63, 3.8) is 0 Å². The van der Waals surface area contributed by atoms with Crippen LogP contribution < -0.4 is 15.2 Å². The Kier molecular flexibility index (Phi) is 4.27. The molecule has 0 saturated heterocycles. The molecule has 0 saturated carbocycles. The number of benzene rings is 1. The predicted molar refractivity (Wildman–Crippen MR) is 96.1 cm³/mol. The second-order valence-corrected chi connectivity index (χ2v) is 6.37. The molecule has 0 fully saturated rings. The Morgan fingerprint density at radius 1 is 1.22 bits per heavy atom. The lowest BCUT2D eigenvalue weighted by Crippen LogP contribution is -2.16. The molecule has 9 nitrogen and oxygen atoms in total. The largest absolute Gasteiger partial charge is 0.486 e. The van der Waals surface area contributed by atoms with Crippen LogP contribution in [-0.4, -0.2) is 43.4 Å². The van der Waals surface area contributed by atoms with E-state index < -0.39 is 5.91 Å². The first-order chi connectivity index (χ1) is 13.0. The van der Waals surface area contributed by atoms with E-state index in [1.54, 1.807) is 11.0 Å². The Morgan fingerprint density at radius 3 is 2.70 bits per heavy atom. The summed E-state index contributed by atoms with van der Waals surface area (Å²) in [6.07, 6.45) is 1.74. The minimum atomic E-state index is -0.476. The zero-order valence-corrected chi connectivity index (χ0v) is 15.2. The monoisotopic (exact) mass is 368 g/mol. The van der Waals surface area contributed by atoms with Crippen LogP contribution in [0.4, 0.5) is 0 Å². The highest BCUT2D eigenvalue weighted by Crippen LogP contribution is 2.32. The first-order valence-corrected chi connectivity index (χ1v) is 8.62. The quantitative estimate of drug-likeness (QED) is 0.717. The molecule has 0 bridgehead atoms. The van der Waals surface area contributed by atoms with Crippen molar-refractivity contribution in [2.45, 2.75) is 26.8 Å². The second kappa shape index (κ2) is 6.75. The van der Waals surface area contributed by atoms with E-state index in [0.29, 0.717) is 42.9 Å². The number of rotatable bonds is 5. The molecule has 1 aliphatic heterocycles. The van der Waals surface area contributed by atoms with E-state index >= 15 is 0 Å². The van der Waals surface area contributed by atoms with Gasteiger partial charge in [0.05, 0.1) is 30.7 Å². The fourth-order valence-corrected chi connectivity index (χ4v) is 2.95. The van der Waals surface area contributed by atoms with Crippen molar-refractivity contribution in [1.82, 2.24) is 24.3 Å². The first-order valence-electron chi connectivity index (χ1n) is 8.62. The molecule has 0 spiro atoms. The van der Waals surface area contributed by atoms with Gasteiger partial charge in [0.1, 0.15) is 13.2 Å². The molecule has 0 radical (unpaired) electrons. The molecule has 0 atom stereocenters. The summed E-state index contributed by atoms with van der Waals surface area (Å²) in [5.41, 5.74) is 8.08. The molecular formula is C18H20N6O3. The van der Waals surface area contributed by atoms with E-state index in [1.807, 2.05) is 36.6 Å². The van der Waals surface area contributed by atoms with Gasteiger partial charge in [-0.1, -0.05) is 0 Å². The zero-order valence-electron chi connectivity index (χ0n) is 15.2. The number of fused-ring (bicyclic) bond motifs is 1. The zero-order chi connectivity index (χ0) is 19.0. The summed E-state index contributed by atoms with van der Waals surface area (Å²) in [5, 5.41) is 4.48. The molecule has 3 aromatic rings. The normalized spacial score (nSPS) is 13.0. The highest BCUT2D eigenvalue weighted by Gasteiger charge is 2.18. The van der Waals surface area contributed by atoms with Crippen molar-refractivity contribution < 1.29 is 14.3 Å². The number of hydrogen-bond donors (Lipinski definition) is 1. The number of nitrogens with two attached hydrogens (primary N) is 1. The minimum Gasteiger partial charge on any atom is -0.486 e. The first kappa shape index (κ1) is 17.1. The average Bonchev–Trinajstić information content (AvgIpc) is 3.19. The van der Waals surface area contributed by atoms with Gasteiger partial charge < -0.3 is 19.8 Å². The fourth-order valence-electron chi connectivity index (χ4n) is 2.95. The molecule has 27 heavy (non-hydrogen) atoms. The van der Waals surface area contributed by atoms with Crippen LogP contribution in [0.2, 0.25) is 0 Å². The van der Waals surface area contributed by atoms with Crippen LogP contribution in [0, 0.1) is 13.8 Å². The van der Waals surface area contributed by atoms with Crippen LogP contribution in [0.25, 0.3) is 5.69 Å². The van der Waals surface area contributed by atoms with Crippen LogP contribution in [0.1, 0.15) is 23.0 Å². The van der Waals surface area contributed by atoms with Gasteiger partial charge in [0, 0.05) is 11.8 Å². The molecule has 1 aliphatic rings. The summed E-state index contributed by atoms with van der Waals surface area (Å²) >= 11 is 0. The summed E-state index contributed by atoms with van der Waals surface area (Å²) in [5.74, 6) is 1.93. The van der Waals surface area contributed by atoms with Crippen molar-refractivity contribution in [2.75, 3.05) is 13.2 Å². The Balaban J connectivity index is 1.75. The predicted octanol–water partition coefficient (Wildman–Crippen LogP) is 0.928. The Bertz CT molecular complexity index is 1010. The number of ether oxygens (including phenoxy) is 2. The third kappa shape index (κ3) is 3.35. The SMILES string of the molecule is Cc1ncn(Cc2nc(CC(N)=O)nn2-c2ccc3c(c2)OCCO3)c1C. The van der Waals surface area contributed by atoms with Gasteiger partial charge in [-0.3, -0.25) is 4.79 Å². The molecule has 3 heterocycles. The highest BCUT2D eigenvalue weighted by molar-refractivity contribution is 5.75. The van der Waals surface area contributed by atoms with Crippen LogP contribution in [0.3, 0.4) is 0 Å². The Labute approximate surface area is 155 Å². The molecule has 0 unspecified atom stereocenters. The van der Waals surface area contributed by atoms with Crippen LogP contribution in [0.5, 0.6) is 11.5 Å². The van der Waals surface area contributed by atoms with E-state index in [4.69, 9.17) is 15.2 Å². The molecular weight excluding hydrogens is 348 g/mol. The second-order valence-electron chi connectivity index (χ2n) is 6.37. The van der Waals surface area contributed by atoms with Crippen LogP contribution in [-0.2, 0) is 17.8 Å². The Hall–Kier alpha value is -3.36. The number of hydrogen-bond acceptors (Lipinski definition) is 6. The van der Waals surface area contributed by atoms with Gasteiger partial charge >= 0.3 is 0 Å². The van der Waals surface area contributed by atoms with E-state index in [2.05, 4.69) is 15.1 Å². The molecule has 9 heteroatoms. The van der Waals surface area contributed by atoms with Crippen molar-refractivity contribution in [1.29, 1.82) is 0 Å². The summed E-state index contributed by atoms with van der Waals surface area (Å²) in [6.45, 7) is 5.45. The van der Waals surface area contributed by atoms with Crippen molar-refractivity contribution in [2.24, 2.45) is 5.73 Å². The number of carbonyl (C=O) groups excluding carboxylic acids is 1.